The predicted octanol–water partition coefficient (Wildman–Crippen LogP) is 3.46. The largest absolute Gasteiger partial charge is 0.440 e. The molecule has 0 saturated carbocycles. The molecule has 0 fully saturated rings. The van der Waals surface area contributed by atoms with Gasteiger partial charge in [0.2, 0.25) is 5.88 Å². The summed E-state index contributed by atoms with van der Waals surface area (Å²) >= 11 is 6.06. The third-order valence-corrected chi connectivity index (χ3v) is 4.10. The van der Waals surface area contributed by atoms with Crippen molar-refractivity contribution in [2.45, 2.75) is 25.7 Å². The lowest BCUT2D eigenvalue weighted by molar-refractivity contribution is 0.367. The molecule has 0 amide bonds. The summed E-state index contributed by atoms with van der Waals surface area (Å²) in [5.41, 5.74) is 6.50. The second kappa shape index (κ2) is 6.42. The molecule has 6 heteroatoms. The van der Waals surface area contributed by atoms with E-state index in [4.69, 9.17) is 26.5 Å². The number of aryl methyl sites for hydroxylation is 1. The Kier molecular flexibility index (Phi) is 4.32. The summed E-state index contributed by atoms with van der Waals surface area (Å²) in [5.74, 6) is 0.183. The molecular weight excluding hydrogens is 328 g/mol. The number of hydrogen-bond donors (Lipinski definition) is 1. The highest BCUT2D eigenvalue weighted by Gasteiger charge is 2.34. The van der Waals surface area contributed by atoms with Crippen molar-refractivity contribution in [3.8, 4) is 11.8 Å². The van der Waals surface area contributed by atoms with Crippen molar-refractivity contribution in [3.63, 3.8) is 0 Å². The van der Waals surface area contributed by atoms with Crippen LogP contribution in [0.5, 0.6) is 5.75 Å². The highest BCUT2D eigenvalue weighted by atomic mass is 35.5. The summed E-state index contributed by atoms with van der Waals surface area (Å²) in [6.07, 6.45) is 1.44. The number of allylic oxidation sites excluding steroid dienone is 1. The van der Waals surface area contributed by atoms with Crippen LogP contribution in [-0.2, 0) is 6.42 Å². The minimum atomic E-state index is -0.663. The monoisotopic (exact) mass is 342 g/mol. The zero-order chi connectivity index (χ0) is 17.3. The molecule has 24 heavy (non-hydrogen) atoms. The molecule has 0 bridgehead atoms. The topological polar surface area (TPSA) is 89.2 Å². The zero-order valence-electron chi connectivity index (χ0n) is 13.0. The molecule has 0 radical (unpaired) electrons. The summed E-state index contributed by atoms with van der Waals surface area (Å²) in [7, 11) is 0. The molecule has 3 rings (SSSR count). The second-order valence-electron chi connectivity index (χ2n) is 5.51. The molecule has 1 unspecified atom stereocenters. The lowest BCUT2D eigenvalue weighted by atomic mass is 9.84. The summed E-state index contributed by atoms with van der Waals surface area (Å²) in [6, 6.07) is 10.7. The lowest BCUT2D eigenvalue weighted by Crippen LogP contribution is -2.26. The van der Waals surface area contributed by atoms with E-state index in [0.717, 1.165) is 6.42 Å². The third kappa shape index (κ3) is 2.77. The summed E-state index contributed by atoms with van der Waals surface area (Å²) in [5, 5.41) is 9.99. The normalized spacial score (nSPS) is 16.3. The Morgan fingerprint density at radius 2 is 2.17 bits per heavy atom. The van der Waals surface area contributed by atoms with Gasteiger partial charge in [0, 0.05) is 17.5 Å². The van der Waals surface area contributed by atoms with Gasteiger partial charge in [-0.1, -0.05) is 30.7 Å². The van der Waals surface area contributed by atoms with Gasteiger partial charge < -0.3 is 14.9 Å². The standard InChI is InChI=1S/C18H15ClN2O3/c1-2-4-12-8-14-16(18(22)23-12)15(13(9-20)17(21)24-14)10-5-3-6-11(19)7-10/h3,5-8,15H,2,4,21H2,1H3. The highest BCUT2D eigenvalue weighted by molar-refractivity contribution is 6.30. The van der Waals surface area contributed by atoms with Crippen molar-refractivity contribution in [3.05, 3.63) is 74.1 Å². The van der Waals surface area contributed by atoms with Gasteiger partial charge in [-0.15, -0.1) is 0 Å². The number of hydrogen-bond acceptors (Lipinski definition) is 5. The van der Waals surface area contributed by atoms with Gasteiger partial charge in [0.1, 0.15) is 23.2 Å². The van der Waals surface area contributed by atoms with E-state index >= 15 is 0 Å². The van der Waals surface area contributed by atoms with E-state index in [1.807, 2.05) is 13.0 Å². The molecule has 122 valence electrons. The van der Waals surface area contributed by atoms with E-state index in [-0.39, 0.29) is 17.0 Å². The number of ether oxygens (including phenoxy) is 1. The van der Waals surface area contributed by atoms with E-state index in [2.05, 4.69) is 0 Å². The van der Waals surface area contributed by atoms with E-state index in [1.54, 1.807) is 30.3 Å². The van der Waals surface area contributed by atoms with Crippen LogP contribution in [0.4, 0.5) is 0 Å². The van der Waals surface area contributed by atoms with Crippen molar-refractivity contribution in [2.75, 3.05) is 0 Å². The van der Waals surface area contributed by atoms with Crippen LogP contribution in [0.15, 0.2) is 51.0 Å². The molecule has 2 aromatic rings. The van der Waals surface area contributed by atoms with Crippen molar-refractivity contribution in [1.82, 2.24) is 0 Å². The Labute approximate surface area is 143 Å². The van der Waals surface area contributed by atoms with Crippen LogP contribution in [0.2, 0.25) is 5.02 Å². The van der Waals surface area contributed by atoms with Gasteiger partial charge in [-0.25, -0.2) is 4.79 Å². The number of rotatable bonds is 3. The van der Waals surface area contributed by atoms with E-state index in [1.165, 1.54) is 0 Å². The first-order chi connectivity index (χ1) is 11.5. The first-order valence-corrected chi connectivity index (χ1v) is 7.93. The van der Waals surface area contributed by atoms with E-state index in [0.29, 0.717) is 28.5 Å². The maximum Gasteiger partial charge on any atom is 0.343 e. The first-order valence-electron chi connectivity index (χ1n) is 7.55. The van der Waals surface area contributed by atoms with Crippen LogP contribution in [-0.4, -0.2) is 0 Å². The molecule has 1 aromatic heterocycles. The number of nitrogens with two attached hydrogens (primary N) is 1. The molecule has 0 aliphatic carbocycles. The quantitative estimate of drug-likeness (QED) is 0.922. The fraction of sp³-hybridized carbons (Fsp3) is 0.222. The molecule has 2 heterocycles. The van der Waals surface area contributed by atoms with Crippen molar-refractivity contribution < 1.29 is 9.15 Å². The van der Waals surface area contributed by atoms with Crippen LogP contribution < -0.4 is 16.1 Å². The number of halogens is 1. The van der Waals surface area contributed by atoms with Crippen LogP contribution in [0.1, 0.15) is 36.1 Å². The number of nitriles is 1. The fourth-order valence-corrected chi connectivity index (χ4v) is 3.04. The number of nitrogens with zero attached hydrogens (tertiary/aromatic N) is 1. The van der Waals surface area contributed by atoms with E-state index in [9.17, 15) is 10.1 Å². The maximum atomic E-state index is 12.5. The van der Waals surface area contributed by atoms with Gasteiger partial charge in [-0.3, -0.25) is 0 Å². The summed E-state index contributed by atoms with van der Waals surface area (Å²) < 4.78 is 10.9. The maximum absolute atomic E-state index is 12.5. The number of benzene rings is 1. The Balaban J connectivity index is 2.25. The van der Waals surface area contributed by atoms with Gasteiger partial charge in [0.05, 0.1) is 11.5 Å². The number of fused-ring (bicyclic) bond motifs is 1. The summed E-state index contributed by atoms with van der Waals surface area (Å²) in [4.78, 5) is 12.5. The molecule has 1 aliphatic heterocycles. The van der Waals surface area contributed by atoms with Crippen LogP contribution in [0, 0.1) is 11.3 Å². The van der Waals surface area contributed by atoms with Gasteiger partial charge in [0.15, 0.2) is 0 Å². The molecule has 1 atom stereocenters. The SMILES string of the molecule is CCCc1cc2c(c(=O)o1)C(c1cccc(Cl)c1)C(C#N)=C(N)O2. The Bertz CT molecular complexity index is 925. The molecule has 1 aromatic carbocycles. The fourth-order valence-electron chi connectivity index (χ4n) is 2.84. The summed E-state index contributed by atoms with van der Waals surface area (Å²) in [6.45, 7) is 1.98. The zero-order valence-corrected chi connectivity index (χ0v) is 13.8. The van der Waals surface area contributed by atoms with Gasteiger partial charge in [0.25, 0.3) is 0 Å². The second-order valence-corrected chi connectivity index (χ2v) is 5.94. The van der Waals surface area contributed by atoms with Crippen LogP contribution in [0.3, 0.4) is 0 Å². The molecule has 5 nitrogen and oxygen atoms in total. The Morgan fingerprint density at radius 1 is 1.38 bits per heavy atom. The molecular formula is C18H15ClN2O3. The van der Waals surface area contributed by atoms with Gasteiger partial charge in [-0.05, 0) is 24.1 Å². The van der Waals surface area contributed by atoms with Crippen molar-refractivity contribution in [1.29, 1.82) is 5.26 Å². The third-order valence-electron chi connectivity index (χ3n) is 3.86. The minimum absolute atomic E-state index is 0.0111. The van der Waals surface area contributed by atoms with Crippen LogP contribution >= 0.6 is 11.6 Å². The first kappa shape index (κ1) is 16.2. The average molecular weight is 343 g/mol. The average Bonchev–Trinajstić information content (AvgIpc) is 2.53. The lowest BCUT2D eigenvalue weighted by Gasteiger charge is -2.25. The Hall–Kier alpha value is -2.71. The smallest absolute Gasteiger partial charge is 0.343 e. The van der Waals surface area contributed by atoms with Gasteiger partial charge >= 0.3 is 5.63 Å². The van der Waals surface area contributed by atoms with Crippen molar-refractivity contribution in [2.24, 2.45) is 5.73 Å². The highest BCUT2D eigenvalue weighted by Crippen LogP contribution is 2.41. The predicted molar refractivity (Wildman–Crippen MR) is 89.7 cm³/mol. The molecule has 0 saturated heterocycles. The van der Waals surface area contributed by atoms with Crippen LogP contribution in [0.25, 0.3) is 0 Å². The Morgan fingerprint density at radius 3 is 2.83 bits per heavy atom. The van der Waals surface area contributed by atoms with Crippen molar-refractivity contribution >= 4 is 11.6 Å². The minimum Gasteiger partial charge on any atom is -0.440 e. The molecule has 1 aliphatic rings. The molecule has 0 spiro atoms. The van der Waals surface area contributed by atoms with Gasteiger partial charge in [-0.2, -0.15) is 5.26 Å². The van der Waals surface area contributed by atoms with E-state index < -0.39 is 11.5 Å². The molecule has 2 N–H and O–H groups in total.